The third-order valence-corrected chi connectivity index (χ3v) is 5.98. The summed E-state index contributed by atoms with van der Waals surface area (Å²) in [6.07, 6.45) is 3.67. The van der Waals surface area contributed by atoms with Crippen LogP contribution in [0.5, 0.6) is 5.75 Å². The SMILES string of the molecule is Fc1ccccc1OCc1nnc(SCc2ccc(-n3cccn3)cc2)n1-c1ccccc1. The minimum atomic E-state index is -0.406. The van der Waals surface area contributed by atoms with E-state index in [0.29, 0.717) is 5.82 Å². The van der Waals surface area contributed by atoms with Crippen molar-refractivity contribution < 1.29 is 9.13 Å². The summed E-state index contributed by atoms with van der Waals surface area (Å²) in [6.45, 7) is 0.0992. The second kappa shape index (κ2) is 9.70. The lowest BCUT2D eigenvalue weighted by Gasteiger charge is -2.11. The summed E-state index contributed by atoms with van der Waals surface area (Å²) in [6, 6.07) is 26.3. The van der Waals surface area contributed by atoms with E-state index in [-0.39, 0.29) is 12.4 Å². The fraction of sp³-hybridized carbons (Fsp3) is 0.0800. The van der Waals surface area contributed by atoms with E-state index in [1.54, 1.807) is 36.2 Å². The molecule has 0 bridgehead atoms. The molecule has 164 valence electrons. The van der Waals surface area contributed by atoms with Crippen molar-refractivity contribution in [2.45, 2.75) is 17.5 Å². The van der Waals surface area contributed by atoms with Gasteiger partial charge in [-0.1, -0.05) is 54.2 Å². The van der Waals surface area contributed by atoms with E-state index >= 15 is 0 Å². The Morgan fingerprint density at radius 1 is 0.818 bits per heavy atom. The Morgan fingerprint density at radius 3 is 2.36 bits per heavy atom. The molecule has 0 unspecified atom stereocenters. The Morgan fingerprint density at radius 2 is 1.61 bits per heavy atom. The average Bonchev–Trinajstić information content (AvgIpc) is 3.54. The minimum absolute atomic E-state index is 0.0992. The Hall–Kier alpha value is -3.91. The van der Waals surface area contributed by atoms with Gasteiger partial charge in [-0.05, 0) is 48.0 Å². The summed E-state index contributed by atoms with van der Waals surface area (Å²) >= 11 is 1.58. The molecule has 5 rings (SSSR count). The van der Waals surface area contributed by atoms with Gasteiger partial charge in [0.25, 0.3) is 0 Å². The summed E-state index contributed by atoms with van der Waals surface area (Å²) in [5.41, 5.74) is 3.09. The monoisotopic (exact) mass is 457 g/mol. The first-order valence-corrected chi connectivity index (χ1v) is 11.4. The zero-order valence-corrected chi connectivity index (χ0v) is 18.4. The van der Waals surface area contributed by atoms with E-state index in [2.05, 4.69) is 27.4 Å². The van der Waals surface area contributed by atoms with E-state index in [1.165, 1.54) is 6.07 Å². The predicted octanol–water partition coefficient (Wildman–Crippen LogP) is 5.46. The number of thioether (sulfide) groups is 1. The van der Waals surface area contributed by atoms with Crippen molar-refractivity contribution >= 4 is 11.8 Å². The van der Waals surface area contributed by atoms with Crippen LogP contribution in [0.15, 0.2) is 102 Å². The first-order valence-electron chi connectivity index (χ1n) is 10.4. The molecule has 0 spiro atoms. The molecule has 0 amide bonds. The number of aromatic nitrogens is 5. The van der Waals surface area contributed by atoms with Crippen LogP contribution in [0.1, 0.15) is 11.4 Å². The van der Waals surface area contributed by atoms with Crippen LogP contribution in [0, 0.1) is 5.82 Å². The Labute approximate surface area is 194 Å². The maximum Gasteiger partial charge on any atom is 0.196 e. The molecule has 0 radical (unpaired) electrons. The number of benzene rings is 3. The molecule has 2 heterocycles. The van der Waals surface area contributed by atoms with Crippen molar-refractivity contribution in [1.29, 1.82) is 0 Å². The van der Waals surface area contributed by atoms with Crippen LogP contribution >= 0.6 is 11.8 Å². The summed E-state index contributed by atoms with van der Waals surface area (Å²) in [5.74, 6) is 1.10. The topological polar surface area (TPSA) is 57.8 Å². The van der Waals surface area contributed by atoms with Crippen LogP contribution < -0.4 is 4.74 Å². The summed E-state index contributed by atoms with van der Waals surface area (Å²) in [5, 5.41) is 13.7. The van der Waals surface area contributed by atoms with E-state index < -0.39 is 5.82 Å². The van der Waals surface area contributed by atoms with E-state index in [0.717, 1.165) is 27.8 Å². The maximum atomic E-state index is 14.0. The van der Waals surface area contributed by atoms with Gasteiger partial charge >= 0.3 is 0 Å². The van der Waals surface area contributed by atoms with Gasteiger partial charge in [-0.15, -0.1) is 10.2 Å². The summed E-state index contributed by atoms with van der Waals surface area (Å²) in [4.78, 5) is 0. The highest BCUT2D eigenvalue weighted by molar-refractivity contribution is 7.98. The van der Waals surface area contributed by atoms with Gasteiger partial charge in [-0.25, -0.2) is 9.07 Å². The van der Waals surface area contributed by atoms with Gasteiger partial charge in [0.15, 0.2) is 22.5 Å². The van der Waals surface area contributed by atoms with Crippen molar-refractivity contribution in [3.8, 4) is 17.1 Å². The molecule has 0 aliphatic heterocycles. The third-order valence-electron chi connectivity index (χ3n) is 4.98. The quantitative estimate of drug-likeness (QED) is 0.290. The lowest BCUT2D eigenvalue weighted by atomic mass is 10.2. The third kappa shape index (κ3) is 4.80. The molecule has 0 saturated heterocycles. The summed E-state index contributed by atoms with van der Waals surface area (Å²) in [7, 11) is 0. The van der Waals surface area contributed by atoms with E-state index in [9.17, 15) is 4.39 Å². The molecular formula is C25H20FN5OS. The molecule has 5 aromatic rings. The number of hydrogen-bond donors (Lipinski definition) is 0. The second-order valence-electron chi connectivity index (χ2n) is 7.19. The highest BCUT2D eigenvalue weighted by Crippen LogP contribution is 2.26. The van der Waals surface area contributed by atoms with Crippen LogP contribution in [0.3, 0.4) is 0 Å². The number of halogens is 1. The van der Waals surface area contributed by atoms with Crippen molar-refractivity contribution in [1.82, 2.24) is 24.5 Å². The molecule has 3 aromatic carbocycles. The number of ether oxygens (including phenoxy) is 1. The largest absolute Gasteiger partial charge is 0.483 e. The highest BCUT2D eigenvalue weighted by Gasteiger charge is 2.16. The van der Waals surface area contributed by atoms with Gasteiger partial charge in [-0.2, -0.15) is 5.10 Å². The first kappa shape index (κ1) is 21.0. The van der Waals surface area contributed by atoms with Crippen molar-refractivity contribution in [2.75, 3.05) is 0 Å². The van der Waals surface area contributed by atoms with E-state index in [1.807, 2.05) is 64.0 Å². The number of nitrogens with zero attached hydrogens (tertiary/aromatic N) is 5. The average molecular weight is 458 g/mol. The van der Waals surface area contributed by atoms with Gasteiger partial charge in [-0.3, -0.25) is 4.57 Å². The van der Waals surface area contributed by atoms with Crippen LogP contribution in [0.2, 0.25) is 0 Å². The molecule has 0 saturated carbocycles. The zero-order valence-electron chi connectivity index (χ0n) is 17.6. The fourth-order valence-electron chi connectivity index (χ4n) is 3.34. The van der Waals surface area contributed by atoms with E-state index in [4.69, 9.17) is 4.74 Å². The van der Waals surface area contributed by atoms with Crippen LogP contribution in [-0.4, -0.2) is 24.5 Å². The number of hydrogen-bond acceptors (Lipinski definition) is 5. The maximum absolute atomic E-state index is 14.0. The molecule has 0 aliphatic rings. The lowest BCUT2D eigenvalue weighted by molar-refractivity contribution is 0.278. The number of rotatable bonds is 8. The zero-order chi connectivity index (χ0) is 22.5. The lowest BCUT2D eigenvalue weighted by Crippen LogP contribution is -2.07. The molecule has 33 heavy (non-hydrogen) atoms. The molecule has 0 N–H and O–H groups in total. The molecule has 0 fully saturated rings. The molecule has 0 atom stereocenters. The van der Waals surface area contributed by atoms with Gasteiger partial charge in [0.1, 0.15) is 6.61 Å². The minimum Gasteiger partial charge on any atom is -0.483 e. The molecule has 8 heteroatoms. The Bertz CT molecular complexity index is 1320. The van der Waals surface area contributed by atoms with Gasteiger partial charge < -0.3 is 4.74 Å². The van der Waals surface area contributed by atoms with Crippen LogP contribution in [0.25, 0.3) is 11.4 Å². The molecular weight excluding hydrogens is 437 g/mol. The normalized spacial score (nSPS) is 10.9. The summed E-state index contributed by atoms with van der Waals surface area (Å²) < 4.78 is 23.4. The van der Waals surface area contributed by atoms with Gasteiger partial charge in [0.05, 0.1) is 5.69 Å². The van der Waals surface area contributed by atoms with Crippen molar-refractivity contribution in [2.24, 2.45) is 0 Å². The Kier molecular flexibility index (Phi) is 6.16. The molecule has 2 aromatic heterocycles. The van der Waals surface area contributed by atoms with Crippen molar-refractivity contribution in [3.63, 3.8) is 0 Å². The standard InChI is InChI=1S/C25H20FN5OS/c26-22-9-4-5-10-23(22)32-17-24-28-29-25(31(24)21-7-2-1-3-8-21)33-18-19-11-13-20(14-12-19)30-16-6-15-27-30/h1-16H,17-18H2. The van der Waals surface area contributed by atoms with Gasteiger partial charge in [0.2, 0.25) is 0 Å². The van der Waals surface area contributed by atoms with Crippen LogP contribution in [-0.2, 0) is 12.4 Å². The Balaban J connectivity index is 1.35. The first-order chi connectivity index (χ1) is 16.3. The number of para-hydroxylation sites is 2. The second-order valence-corrected chi connectivity index (χ2v) is 8.14. The molecule has 0 aliphatic carbocycles. The van der Waals surface area contributed by atoms with Crippen molar-refractivity contribution in [3.05, 3.63) is 115 Å². The highest BCUT2D eigenvalue weighted by atomic mass is 32.2. The van der Waals surface area contributed by atoms with Crippen LogP contribution in [0.4, 0.5) is 4.39 Å². The smallest absolute Gasteiger partial charge is 0.196 e. The molecule has 6 nitrogen and oxygen atoms in total. The van der Waals surface area contributed by atoms with Gasteiger partial charge in [0, 0.05) is 23.8 Å². The predicted molar refractivity (Wildman–Crippen MR) is 125 cm³/mol. The fourth-order valence-corrected chi connectivity index (χ4v) is 4.27.